The molecule has 7 heteroatoms. The highest BCUT2D eigenvalue weighted by Gasteiger charge is 2.26. The fraction of sp³-hybridized carbons (Fsp3) is 0.286. The molecule has 6 nitrogen and oxygen atoms in total. The molecule has 0 heterocycles. The topological polar surface area (TPSA) is 95.5 Å². The van der Waals surface area contributed by atoms with Gasteiger partial charge in [-0.1, -0.05) is 42.0 Å². The van der Waals surface area contributed by atoms with Gasteiger partial charge in [-0.2, -0.15) is 0 Å². The summed E-state index contributed by atoms with van der Waals surface area (Å²) in [6.45, 7) is 3.15. The second-order valence-corrected chi connectivity index (χ2v) is 6.68. The number of carboxylic acids is 1. The molecule has 0 saturated carbocycles. The number of hydrogen-bond donors (Lipinski definition) is 3. The predicted molar refractivity (Wildman–Crippen MR) is 102 cm³/mol. The van der Waals surface area contributed by atoms with Gasteiger partial charge in [-0.25, -0.2) is 9.18 Å². The van der Waals surface area contributed by atoms with Gasteiger partial charge in [-0.3, -0.25) is 9.59 Å². The summed E-state index contributed by atoms with van der Waals surface area (Å²) < 4.78 is 13.4. The van der Waals surface area contributed by atoms with E-state index in [9.17, 15) is 23.9 Å². The molecule has 28 heavy (non-hydrogen) atoms. The fourth-order valence-corrected chi connectivity index (χ4v) is 2.90. The standard InChI is InChI=1S/C21H23FN2O4/c1-13-5-3-6-15(9-13)12-19(21(27)28)24-20(26)18(23-14(2)25)11-16-7-4-8-17(22)10-16/h3-10,18-19H,11-12H2,1-2H3,(H,23,25)(H,24,26)(H,27,28)/t18-,19-/m1/s1. The molecule has 0 saturated heterocycles. The second-order valence-electron chi connectivity index (χ2n) is 6.68. The van der Waals surface area contributed by atoms with Crippen LogP contribution in [0.4, 0.5) is 4.39 Å². The van der Waals surface area contributed by atoms with Crippen molar-refractivity contribution in [3.8, 4) is 0 Å². The number of carbonyl (C=O) groups is 3. The minimum atomic E-state index is -1.18. The molecular formula is C21H23FN2O4. The predicted octanol–water partition coefficient (Wildman–Crippen LogP) is 1.99. The lowest BCUT2D eigenvalue weighted by molar-refractivity contribution is -0.142. The van der Waals surface area contributed by atoms with Crippen LogP contribution in [0.25, 0.3) is 0 Å². The zero-order chi connectivity index (χ0) is 20.7. The Hall–Kier alpha value is -3.22. The smallest absolute Gasteiger partial charge is 0.326 e. The lowest BCUT2D eigenvalue weighted by Gasteiger charge is -2.21. The normalized spacial score (nSPS) is 12.7. The van der Waals surface area contributed by atoms with Crippen LogP contribution in [0.15, 0.2) is 48.5 Å². The van der Waals surface area contributed by atoms with Gasteiger partial charge in [-0.05, 0) is 30.2 Å². The van der Waals surface area contributed by atoms with Gasteiger partial charge in [0.15, 0.2) is 0 Å². The number of aliphatic carboxylic acids is 1. The van der Waals surface area contributed by atoms with E-state index in [1.165, 1.54) is 25.1 Å². The van der Waals surface area contributed by atoms with Gasteiger partial charge in [0.2, 0.25) is 11.8 Å². The Kier molecular flexibility index (Phi) is 7.26. The molecule has 2 rings (SSSR count). The lowest BCUT2D eigenvalue weighted by atomic mass is 10.0. The minimum Gasteiger partial charge on any atom is -0.480 e. The summed E-state index contributed by atoms with van der Waals surface area (Å²) in [6.07, 6.45) is 0.148. The molecule has 0 radical (unpaired) electrons. The Morgan fingerprint density at radius 2 is 1.57 bits per heavy atom. The van der Waals surface area contributed by atoms with E-state index in [-0.39, 0.29) is 12.8 Å². The van der Waals surface area contributed by atoms with Gasteiger partial charge >= 0.3 is 5.97 Å². The van der Waals surface area contributed by atoms with Crippen LogP contribution in [0.2, 0.25) is 0 Å². The number of halogens is 1. The van der Waals surface area contributed by atoms with E-state index in [0.29, 0.717) is 5.56 Å². The molecule has 2 aromatic rings. The van der Waals surface area contributed by atoms with Crippen molar-refractivity contribution < 1.29 is 23.9 Å². The average molecular weight is 386 g/mol. The van der Waals surface area contributed by atoms with Crippen LogP contribution in [-0.2, 0) is 27.2 Å². The summed E-state index contributed by atoms with van der Waals surface area (Å²) >= 11 is 0. The molecule has 0 aromatic heterocycles. The van der Waals surface area contributed by atoms with Crippen LogP contribution in [0.5, 0.6) is 0 Å². The molecule has 0 spiro atoms. The zero-order valence-corrected chi connectivity index (χ0v) is 15.7. The van der Waals surface area contributed by atoms with Crippen LogP contribution >= 0.6 is 0 Å². The molecule has 2 aromatic carbocycles. The van der Waals surface area contributed by atoms with Crippen LogP contribution in [-0.4, -0.2) is 35.0 Å². The molecule has 0 aliphatic carbocycles. The van der Waals surface area contributed by atoms with E-state index in [2.05, 4.69) is 10.6 Å². The second kappa shape index (κ2) is 9.64. The number of hydrogen-bond acceptors (Lipinski definition) is 3. The minimum absolute atomic E-state index is 0.0416. The third kappa shape index (κ3) is 6.50. The van der Waals surface area contributed by atoms with Crippen LogP contribution in [0.1, 0.15) is 23.6 Å². The Balaban J connectivity index is 2.14. The molecule has 2 atom stereocenters. The number of aryl methyl sites for hydroxylation is 1. The monoisotopic (exact) mass is 386 g/mol. The first-order valence-electron chi connectivity index (χ1n) is 8.85. The highest BCUT2D eigenvalue weighted by molar-refractivity contribution is 5.90. The number of benzene rings is 2. The van der Waals surface area contributed by atoms with Gasteiger partial charge < -0.3 is 15.7 Å². The molecule has 0 unspecified atom stereocenters. The molecule has 0 aliphatic heterocycles. The number of amides is 2. The highest BCUT2D eigenvalue weighted by Crippen LogP contribution is 2.10. The van der Waals surface area contributed by atoms with Gasteiger partial charge in [0, 0.05) is 19.8 Å². The summed E-state index contributed by atoms with van der Waals surface area (Å²) in [5, 5.41) is 14.5. The van der Waals surface area contributed by atoms with Crippen molar-refractivity contribution in [2.45, 2.75) is 38.8 Å². The number of carbonyl (C=O) groups excluding carboxylic acids is 2. The third-order valence-corrected chi connectivity index (χ3v) is 4.16. The SMILES string of the molecule is CC(=O)N[C@H](Cc1cccc(F)c1)C(=O)N[C@H](Cc1cccc(C)c1)C(=O)O. The molecular weight excluding hydrogens is 363 g/mol. The zero-order valence-electron chi connectivity index (χ0n) is 15.7. The summed E-state index contributed by atoms with van der Waals surface area (Å²) in [4.78, 5) is 35.8. The quantitative estimate of drug-likeness (QED) is 0.647. The Bertz CT molecular complexity index is 869. The summed E-state index contributed by atoms with van der Waals surface area (Å²) in [5.74, 6) is -2.72. The third-order valence-electron chi connectivity index (χ3n) is 4.16. The first-order valence-corrected chi connectivity index (χ1v) is 8.85. The van der Waals surface area contributed by atoms with Crippen LogP contribution < -0.4 is 10.6 Å². The van der Waals surface area contributed by atoms with Crippen molar-refractivity contribution in [3.63, 3.8) is 0 Å². The van der Waals surface area contributed by atoms with E-state index in [4.69, 9.17) is 0 Å². The summed E-state index contributed by atoms with van der Waals surface area (Å²) in [7, 11) is 0. The average Bonchev–Trinajstić information content (AvgIpc) is 2.60. The van der Waals surface area contributed by atoms with Gasteiger partial charge in [0.05, 0.1) is 0 Å². The molecule has 0 fully saturated rings. The first kappa shape index (κ1) is 21.1. The fourth-order valence-electron chi connectivity index (χ4n) is 2.90. The number of nitrogens with one attached hydrogen (secondary N) is 2. The van der Waals surface area contributed by atoms with Crippen molar-refractivity contribution in [3.05, 3.63) is 71.0 Å². The molecule has 0 bridgehead atoms. The van der Waals surface area contributed by atoms with Gasteiger partial charge in [-0.15, -0.1) is 0 Å². The largest absolute Gasteiger partial charge is 0.480 e. The lowest BCUT2D eigenvalue weighted by Crippen LogP contribution is -2.52. The maximum atomic E-state index is 13.4. The Morgan fingerprint density at radius 3 is 2.14 bits per heavy atom. The first-order chi connectivity index (χ1) is 13.2. The van der Waals surface area contributed by atoms with Crippen molar-refractivity contribution >= 4 is 17.8 Å². The van der Waals surface area contributed by atoms with E-state index in [1.807, 2.05) is 25.1 Å². The molecule has 2 amide bonds. The van der Waals surface area contributed by atoms with E-state index in [1.54, 1.807) is 12.1 Å². The van der Waals surface area contributed by atoms with Crippen molar-refractivity contribution in [1.29, 1.82) is 0 Å². The van der Waals surface area contributed by atoms with Crippen LogP contribution in [0, 0.1) is 12.7 Å². The highest BCUT2D eigenvalue weighted by atomic mass is 19.1. The Morgan fingerprint density at radius 1 is 0.964 bits per heavy atom. The molecule has 148 valence electrons. The number of rotatable bonds is 8. The van der Waals surface area contributed by atoms with Gasteiger partial charge in [0.25, 0.3) is 0 Å². The van der Waals surface area contributed by atoms with E-state index < -0.39 is 35.7 Å². The maximum Gasteiger partial charge on any atom is 0.326 e. The van der Waals surface area contributed by atoms with Crippen LogP contribution in [0.3, 0.4) is 0 Å². The van der Waals surface area contributed by atoms with Gasteiger partial charge in [0.1, 0.15) is 17.9 Å². The van der Waals surface area contributed by atoms with E-state index >= 15 is 0 Å². The van der Waals surface area contributed by atoms with Crippen molar-refractivity contribution in [1.82, 2.24) is 10.6 Å². The molecule has 0 aliphatic rings. The van der Waals surface area contributed by atoms with Crippen molar-refractivity contribution in [2.24, 2.45) is 0 Å². The summed E-state index contributed by atoms with van der Waals surface area (Å²) in [6, 6.07) is 10.9. The molecule has 3 N–H and O–H groups in total. The summed E-state index contributed by atoms with van der Waals surface area (Å²) in [5.41, 5.74) is 2.27. The Labute approximate surface area is 162 Å². The maximum absolute atomic E-state index is 13.4. The van der Waals surface area contributed by atoms with E-state index in [0.717, 1.165) is 11.1 Å². The van der Waals surface area contributed by atoms with Crippen molar-refractivity contribution in [2.75, 3.05) is 0 Å². The number of carboxylic acid groups (broad SMARTS) is 1.